The Hall–Kier alpha value is -0.440. The van der Waals surface area contributed by atoms with E-state index in [0.29, 0.717) is 13.0 Å². The highest BCUT2D eigenvalue weighted by molar-refractivity contribution is 8.11. The second-order valence-corrected chi connectivity index (χ2v) is 9.16. The second-order valence-electron chi connectivity index (χ2n) is 4.72. The number of hydrogen-bond donors (Lipinski definition) is 0. The van der Waals surface area contributed by atoms with Crippen molar-refractivity contribution in [2.75, 3.05) is 39.3 Å². The first kappa shape index (κ1) is 15.9. The van der Waals surface area contributed by atoms with Crippen molar-refractivity contribution in [2.45, 2.75) is 6.42 Å². The van der Waals surface area contributed by atoms with Gasteiger partial charge in [-0.15, -0.1) is 0 Å². The third kappa shape index (κ3) is 3.24. The largest absolute Gasteiger partial charge is 0.299 e. The van der Waals surface area contributed by atoms with Crippen molar-refractivity contribution in [2.24, 2.45) is 5.92 Å². The number of piperazine rings is 1. The summed E-state index contributed by atoms with van der Waals surface area (Å²) in [6.07, 6.45) is 0.533. The first-order chi connectivity index (χ1) is 9.25. The molecular formula is C9H15ClN4O4S2. The van der Waals surface area contributed by atoms with E-state index in [1.807, 2.05) is 0 Å². The van der Waals surface area contributed by atoms with Crippen molar-refractivity contribution in [3.8, 4) is 6.07 Å². The van der Waals surface area contributed by atoms with Crippen LogP contribution in [0.1, 0.15) is 6.42 Å². The molecule has 0 bridgehead atoms. The minimum absolute atomic E-state index is 0.0422. The highest BCUT2D eigenvalue weighted by atomic mass is 35.7. The molecule has 11 heteroatoms. The second kappa shape index (κ2) is 5.75. The van der Waals surface area contributed by atoms with Crippen LogP contribution in [0.25, 0.3) is 0 Å². The zero-order valence-electron chi connectivity index (χ0n) is 10.6. The summed E-state index contributed by atoms with van der Waals surface area (Å²) in [5.41, 5.74) is 0. The van der Waals surface area contributed by atoms with E-state index in [4.69, 9.17) is 15.9 Å². The van der Waals surface area contributed by atoms with Crippen LogP contribution in [-0.4, -0.2) is 69.0 Å². The van der Waals surface area contributed by atoms with Crippen molar-refractivity contribution in [3.63, 3.8) is 0 Å². The number of nitrogens with zero attached hydrogens (tertiary/aromatic N) is 4. The molecule has 0 radical (unpaired) electrons. The number of halogens is 1. The average Bonchev–Trinajstić information content (AvgIpc) is 2.87. The zero-order valence-corrected chi connectivity index (χ0v) is 13.0. The van der Waals surface area contributed by atoms with E-state index < -0.39 is 19.4 Å². The van der Waals surface area contributed by atoms with E-state index in [0.717, 1.165) is 4.31 Å². The highest BCUT2D eigenvalue weighted by Gasteiger charge is 2.38. The molecule has 114 valence electrons. The maximum Gasteiger partial charge on any atom is 0.299 e. The standard InChI is InChI=1S/C9H15ClN4O4S2/c10-19(15,16)12-3-5-13(6-4-12)20(17,18)14-2-1-9(7-11)8-14/h9H,1-6,8H2. The first-order valence-electron chi connectivity index (χ1n) is 6.09. The fourth-order valence-corrected chi connectivity index (χ4v) is 4.99. The van der Waals surface area contributed by atoms with E-state index in [1.165, 1.54) is 8.61 Å². The van der Waals surface area contributed by atoms with Gasteiger partial charge >= 0.3 is 0 Å². The van der Waals surface area contributed by atoms with Crippen LogP contribution in [0.2, 0.25) is 0 Å². The smallest absolute Gasteiger partial charge is 0.198 e. The normalized spacial score (nSPS) is 27.5. The topological polar surface area (TPSA) is 102 Å². The van der Waals surface area contributed by atoms with E-state index >= 15 is 0 Å². The molecule has 8 nitrogen and oxygen atoms in total. The van der Waals surface area contributed by atoms with Crippen LogP contribution in [0.3, 0.4) is 0 Å². The van der Waals surface area contributed by atoms with Gasteiger partial charge in [0.2, 0.25) is 0 Å². The van der Waals surface area contributed by atoms with Gasteiger partial charge in [-0.3, -0.25) is 0 Å². The summed E-state index contributed by atoms with van der Waals surface area (Å²) >= 11 is 0. The predicted molar refractivity (Wildman–Crippen MR) is 72.1 cm³/mol. The van der Waals surface area contributed by atoms with E-state index in [9.17, 15) is 16.8 Å². The number of nitriles is 1. The van der Waals surface area contributed by atoms with Gasteiger partial charge in [-0.2, -0.15) is 35.0 Å². The van der Waals surface area contributed by atoms with Crippen LogP contribution < -0.4 is 0 Å². The Bertz CT molecular complexity index is 606. The monoisotopic (exact) mass is 342 g/mol. The van der Waals surface area contributed by atoms with E-state index in [1.54, 1.807) is 0 Å². The molecule has 1 unspecified atom stereocenters. The Labute approximate surface area is 123 Å². The van der Waals surface area contributed by atoms with Crippen LogP contribution in [0.15, 0.2) is 0 Å². The Morgan fingerprint density at radius 3 is 1.95 bits per heavy atom. The quantitative estimate of drug-likeness (QED) is 0.623. The first-order valence-corrected chi connectivity index (χ1v) is 9.76. The molecule has 0 amide bonds. The molecule has 2 rings (SSSR count). The van der Waals surface area contributed by atoms with Crippen LogP contribution in [0, 0.1) is 17.2 Å². The van der Waals surface area contributed by atoms with Crippen LogP contribution in [0.5, 0.6) is 0 Å². The summed E-state index contributed by atoms with van der Waals surface area (Å²) < 4.78 is 50.6. The van der Waals surface area contributed by atoms with Gasteiger partial charge in [0.05, 0.1) is 12.0 Å². The van der Waals surface area contributed by atoms with Gasteiger partial charge in [-0.25, -0.2) is 0 Å². The summed E-state index contributed by atoms with van der Waals surface area (Å²) in [5.74, 6) is -0.269. The van der Waals surface area contributed by atoms with E-state index in [2.05, 4.69) is 6.07 Å². The SMILES string of the molecule is N#CC1CCN(S(=O)(=O)N2CCN(S(=O)(=O)Cl)CC2)C1. The summed E-state index contributed by atoms with van der Waals surface area (Å²) in [6, 6.07) is 2.07. The Morgan fingerprint density at radius 1 is 0.950 bits per heavy atom. The zero-order chi connectivity index (χ0) is 15.0. The highest BCUT2D eigenvalue weighted by Crippen LogP contribution is 2.22. The maximum absolute atomic E-state index is 12.3. The molecule has 20 heavy (non-hydrogen) atoms. The van der Waals surface area contributed by atoms with Crippen molar-refractivity contribution < 1.29 is 16.8 Å². The number of rotatable bonds is 3. The lowest BCUT2D eigenvalue weighted by Crippen LogP contribution is -2.53. The summed E-state index contributed by atoms with van der Waals surface area (Å²) in [6.45, 7) is 0.757. The van der Waals surface area contributed by atoms with Crippen molar-refractivity contribution in [3.05, 3.63) is 0 Å². The maximum atomic E-state index is 12.3. The lowest BCUT2D eigenvalue weighted by molar-refractivity contribution is 0.261. The minimum atomic E-state index is -3.80. The molecule has 2 aliphatic rings. The van der Waals surface area contributed by atoms with Crippen LogP contribution in [0.4, 0.5) is 0 Å². The molecule has 0 aliphatic carbocycles. The molecule has 1 atom stereocenters. The van der Waals surface area contributed by atoms with Crippen molar-refractivity contribution >= 4 is 30.1 Å². The Balaban J connectivity index is 2.01. The van der Waals surface area contributed by atoms with Gasteiger partial charge in [-0.05, 0) is 6.42 Å². The fraction of sp³-hybridized carbons (Fsp3) is 0.889. The molecular weight excluding hydrogens is 328 g/mol. The lowest BCUT2D eigenvalue weighted by Gasteiger charge is -2.33. The molecule has 0 saturated carbocycles. The van der Waals surface area contributed by atoms with Crippen molar-refractivity contribution in [1.29, 1.82) is 5.26 Å². The van der Waals surface area contributed by atoms with Gasteiger partial charge in [0.1, 0.15) is 0 Å². The van der Waals surface area contributed by atoms with Gasteiger partial charge in [-0.1, -0.05) is 0 Å². The summed E-state index contributed by atoms with van der Waals surface area (Å²) in [4.78, 5) is 0. The van der Waals surface area contributed by atoms with E-state index in [-0.39, 0.29) is 38.6 Å². The molecule has 0 aromatic heterocycles. The van der Waals surface area contributed by atoms with Gasteiger partial charge < -0.3 is 0 Å². The van der Waals surface area contributed by atoms with Gasteiger partial charge in [0, 0.05) is 50.0 Å². The molecule has 2 saturated heterocycles. The fourth-order valence-electron chi connectivity index (χ4n) is 2.32. The summed E-state index contributed by atoms with van der Waals surface area (Å²) in [7, 11) is -2.20. The van der Waals surface area contributed by atoms with Crippen LogP contribution in [-0.2, 0) is 19.4 Å². The summed E-state index contributed by atoms with van der Waals surface area (Å²) in [5, 5.41) is 8.81. The molecule has 2 aliphatic heterocycles. The molecule has 2 fully saturated rings. The Kier molecular flexibility index (Phi) is 4.58. The molecule has 0 N–H and O–H groups in total. The third-order valence-electron chi connectivity index (χ3n) is 3.49. The Morgan fingerprint density at radius 2 is 1.50 bits per heavy atom. The predicted octanol–water partition coefficient (Wildman–Crippen LogP) is -0.822. The minimum Gasteiger partial charge on any atom is -0.198 e. The van der Waals surface area contributed by atoms with Crippen LogP contribution >= 0.6 is 10.7 Å². The molecule has 0 aromatic rings. The number of hydrogen-bond acceptors (Lipinski definition) is 5. The average molecular weight is 343 g/mol. The molecule has 0 spiro atoms. The third-order valence-corrected chi connectivity index (χ3v) is 7.06. The molecule has 0 aromatic carbocycles. The lowest BCUT2D eigenvalue weighted by atomic mass is 10.1. The molecule has 2 heterocycles. The van der Waals surface area contributed by atoms with Gasteiger partial charge in [0.15, 0.2) is 0 Å². The van der Waals surface area contributed by atoms with Gasteiger partial charge in [0.25, 0.3) is 19.4 Å². The van der Waals surface area contributed by atoms with Crippen molar-refractivity contribution in [1.82, 2.24) is 12.9 Å².